The summed E-state index contributed by atoms with van der Waals surface area (Å²) in [5.41, 5.74) is -1.15. The maximum Gasteiger partial charge on any atom is 0.183 e. The van der Waals surface area contributed by atoms with Crippen LogP contribution >= 0.6 is 23.2 Å². The third kappa shape index (κ3) is 2.46. The number of benzene rings is 1. The summed E-state index contributed by atoms with van der Waals surface area (Å²) in [6.45, 7) is -0.424. The molecule has 0 bridgehead atoms. The number of nitrogens with one attached hydrogen (secondary N) is 1. The molecule has 19 heavy (non-hydrogen) atoms. The molecule has 0 spiro atoms. The first kappa shape index (κ1) is 14.6. The summed E-state index contributed by atoms with van der Waals surface area (Å²) < 4.78 is 20.4. The van der Waals surface area contributed by atoms with Crippen LogP contribution in [0.4, 0.5) is 4.39 Å². The molecule has 2 unspecified atom stereocenters. The maximum atomic E-state index is 15.2. The van der Waals surface area contributed by atoms with Crippen molar-refractivity contribution < 1.29 is 13.9 Å². The second-order valence-corrected chi connectivity index (χ2v) is 5.36. The number of likely N-dealkylation sites (N-methyl/N-ethyl adjacent to an activating group) is 1. The lowest BCUT2D eigenvalue weighted by Gasteiger charge is -2.34. The summed E-state index contributed by atoms with van der Waals surface area (Å²) >= 11 is 11.6. The zero-order valence-electron chi connectivity index (χ0n) is 10.2. The molecule has 3 nitrogen and oxygen atoms in total. The Hall–Kier alpha value is -0.810. The summed E-state index contributed by atoms with van der Waals surface area (Å²) in [5, 5.41) is 12.8. The van der Waals surface area contributed by atoms with Gasteiger partial charge in [0.05, 0.1) is 18.9 Å². The van der Waals surface area contributed by atoms with E-state index >= 15 is 4.39 Å². The lowest BCUT2D eigenvalue weighted by Crippen LogP contribution is -2.50. The number of halogens is 3. The summed E-state index contributed by atoms with van der Waals surface area (Å²) in [6.07, 6.45) is 1.52. The second-order valence-electron chi connectivity index (χ2n) is 4.27. The zero-order chi connectivity index (χ0) is 14.0. The van der Waals surface area contributed by atoms with Crippen LogP contribution in [0.3, 0.4) is 0 Å². The fourth-order valence-electron chi connectivity index (χ4n) is 2.12. The van der Waals surface area contributed by atoms with Crippen molar-refractivity contribution in [2.45, 2.75) is 16.5 Å². The standard InChI is InChI=1S/C13H14Cl2FNO2/c1-17-11(7-18)13(16,12(14)15)9-2-3-10-8(6-9)4-5-19-10/h2-6,11-12,17-18H,7H2,1H3. The second kappa shape index (κ2) is 5.67. The first-order valence-corrected chi connectivity index (χ1v) is 6.64. The fourth-order valence-corrected chi connectivity index (χ4v) is 2.67. The third-order valence-electron chi connectivity index (χ3n) is 3.25. The van der Waals surface area contributed by atoms with E-state index in [4.69, 9.17) is 27.6 Å². The molecule has 1 heterocycles. The molecule has 6 heteroatoms. The summed E-state index contributed by atoms with van der Waals surface area (Å²) in [4.78, 5) is -1.32. The molecule has 2 rings (SSSR count). The molecule has 0 radical (unpaired) electrons. The van der Waals surface area contributed by atoms with E-state index in [0.717, 1.165) is 5.39 Å². The highest BCUT2D eigenvalue weighted by Crippen LogP contribution is 2.39. The van der Waals surface area contributed by atoms with Crippen LogP contribution in [0.5, 0.6) is 0 Å². The van der Waals surface area contributed by atoms with Crippen LogP contribution in [0.25, 0.3) is 11.0 Å². The van der Waals surface area contributed by atoms with Gasteiger partial charge in [0, 0.05) is 5.39 Å². The minimum Gasteiger partial charge on any atom is -0.464 e. The van der Waals surface area contributed by atoms with Crippen LogP contribution in [0.2, 0.25) is 0 Å². The first-order valence-electron chi connectivity index (χ1n) is 5.77. The van der Waals surface area contributed by atoms with Crippen LogP contribution in [0.15, 0.2) is 34.9 Å². The Kier molecular flexibility index (Phi) is 4.36. The molecule has 0 fully saturated rings. The van der Waals surface area contributed by atoms with Crippen molar-refractivity contribution in [1.29, 1.82) is 0 Å². The normalized spacial score (nSPS) is 16.7. The molecule has 0 aliphatic heterocycles. The quantitative estimate of drug-likeness (QED) is 0.835. The van der Waals surface area contributed by atoms with Gasteiger partial charge in [0.2, 0.25) is 0 Å². The molecule has 0 saturated heterocycles. The van der Waals surface area contributed by atoms with Crippen molar-refractivity contribution in [2.24, 2.45) is 0 Å². The average molecular weight is 306 g/mol. The predicted octanol–water partition coefficient (Wildman–Crippen LogP) is 2.98. The van der Waals surface area contributed by atoms with Gasteiger partial charge in [0.25, 0.3) is 0 Å². The molecule has 0 amide bonds. The average Bonchev–Trinajstić information content (AvgIpc) is 2.86. The smallest absolute Gasteiger partial charge is 0.183 e. The Morgan fingerprint density at radius 1 is 1.42 bits per heavy atom. The molecule has 2 aromatic rings. The lowest BCUT2D eigenvalue weighted by molar-refractivity contribution is 0.0802. The molecule has 0 aliphatic rings. The highest BCUT2D eigenvalue weighted by atomic mass is 35.5. The number of rotatable bonds is 5. The topological polar surface area (TPSA) is 45.4 Å². The van der Waals surface area contributed by atoms with Gasteiger partial charge in [0.15, 0.2) is 5.67 Å². The number of aliphatic hydroxyl groups excluding tert-OH is 1. The van der Waals surface area contributed by atoms with Gasteiger partial charge in [-0.15, -0.1) is 23.2 Å². The minimum atomic E-state index is -2.10. The van der Waals surface area contributed by atoms with Gasteiger partial charge in [0.1, 0.15) is 10.4 Å². The number of aliphatic hydroxyl groups is 1. The van der Waals surface area contributed by atoms with Crippen molar-refractivity contribution in [3.05, 3.63) is 36.1 Å². The van der Waals surface area contributed by atoms with Crippen molar-refractivity contribution in [2.75, 3.05) is 13.7 Å². The Balaban J connectivity index is 2.53. The highest BCUT2D eigenvalue weighted by Gasteiger charge is 2.46. The Morgan fingerprint density at radius 2 is 2.16 bits per heavy atom. The van der Waals surface area contributed by atoms with Crippen molar-refractivity contribution in [3.8, 4) is 0 Å². The lowest BCUT2D eigenvalue weighted by atomic mass is 9.89. The van der Waals surface area contributed by atoms with E-state index in [1.807, 2.05) is 0 Å². The molecule has 0 saturated carbocycles. The Morgan fingerprint density at radius 3 is 2.74 bits per heavy atom. The van der Waals surface area contributed by atoms with Gasteiger partial charge in [-0.1, -0.05) is 6.07 Å². The van der Waals surface area contributed by atoms with E-state index in [1.165, 1.54) is 6.26 Å². The van der Waals surface area contributed by atoms with Gasteiger partial charge in [-0.05, 0) is 30.8 Å². The number of furan rings is 1. The molecule has 0 aliphatic carbocycles. The maximum absolute atomic E-state index is 15.2. The van der Waals surface area contributed by atoms with E-state index in [2.05, 4.69) is 5.32 Å². The van der Waals surface area contributed by atoms with Gasteiger partial charge in [-0.25, -0.2) is 4.39 Å². The molecule has 1 aromatic heterocycles. The minimum absolute atomic E-state index is 0.296. The largest absolute Gasteiger partial charge is 0.464 e. The van der Waals surface area contributed by atoms with E-state index in [9.17, 15) is 5.11 Å². The van der Waals surface area contributed by atoms with Crippen molar-refractivity contribution in [3.63, 3.8) is 0 Å². The monoisotopic (exact) mass is 305 g/mol. The fraction of sp³-hybridized carbons (Fsp3) is 0.385. The first-order chi connectivity index (χ1) is 9.03. The van der Waals surface area contributed by atoms with Crippen LogP contribution in [0, 0.1) is 0 Å². The van der Waals surface area contributed by atoms with E-state index in [1.54, 1.807) is 31.3 Å². The van der Waals surface area contributed by atoms with Gasteiger partial charge >= 0.3 is 0 Å². The van der Waals surface area contributed by atoms with Crippen molar-refractivity contribution in [1.82, 2.24) is 5.32 Å². The SMILES string of the molecule is CNC(CO)C(F)(c1ccc2occc2c1)C(Cl)Cl. The van der Waals surface area contributed by atoms with Gasteiger partial charge in [-0.2, -0.15) is 0 Å². The number of alkyl halides is 3. The van der Waals surface area contributed by atoms with Gasteiger partial charge < -0.3 is 14.8 Å². The van der Waals surface area contributed by atoms with E-state index in [-0.39, 0.29) is 0 Å². The predicted molar refractivity (Wildman–Crippen MR) is 74.4 cm³/mol. The third-order valence-corrected chi connectivity index (χ3v) is 3.89. The van der Waals surface area contributed by atoms with Crippen LogP contribution < -0.4 is 5.32 Å². The highest BCUT2D eigenvalue weighted by molar-refractivity contribution is 6.45. The number of hydrogen-bond acceptors (Lipinski definition) is 3. The van der Waals surface area contributed by atoms with Crippen LogP contribution in [0.1, 0.15) is 5.56 Å². The molecular weight excluding hydrogens is 292 g/mol. The van der Waals surface area contributed by atoms with E-state index in [0.29, 0.717) is 11.1 Å². The summed E-state index contributed by atoms with van der Waals surface area (Å²) in [6, 6.07) is 5.65. The van der Waals surface area contributed by atoms with Crippen LogP contribution in [-0.4, -0.2) is 29.6 Å². The van der Waals surface area contributed by atoms with E-state index < -0.39 is 23.2 Å². The Bertz CT molecular complexity index is 556. The van der Waals surface area contributed by atoms with Gasteiger partial charge in [-0.3, -0.25) is 0 Å². The molecule has 104 valence electrons. The number of hydrogen-bond donors (Lipinski definition) is 2. The molecular formula is C13H14Cl2FNO2. The summed E-state index contributed by atoms with van der Waals surface area (Å²) in [5.74, 6) is 0. The molecule has 2 N–H and O–H groups in total. The molecule has 2 atom stereocenters. The Labute approximate surface area is 120 Å². The van der Waals surface area contributed by atoms with Crippen molar-refractivity contribution >= 4 is 34.2 Å². The molecule has 1 aromatic carbocycles. The summed E-state index contributed by atoms with van der Waals surface area (Å²) in [7, 11) is 1.54. The van der Waals surface area contributed by atoms with Crippen LogP contribution in [-0.2, 0) is 5.67 Å². The number of fused-ring (bicyclic) bond motifs is 1. The zero-order valence-corrected chi connectivity index (χ0v) is 11.7.